The summed E-state index contributed by atoms with van der Waals surface area (Å²) in [6.45, 7) is 0. The molecule has 4 aromatic rings. The van der Waals surface area contributed by atoms with Gasteiger partial charge in [0.1, 0.15) is 11.5 Å². The van der Waals surface area contributed by atoms with Gasteiger partial charge < -0.3 is 10.2 Å². The lowest BCUT2D eigenvalue weighted by Crippen LogP contribution is -1.98. The second-order valence-electron chi connectivity index (χ2n) is 7.13. The molecule has 2 heterocycles. The van der Waals surface area contributed by atoms with Crippen LogP contribution in [0.5, 0.6) is 11.5 Å². The van der Waals surface area contributed by atoms with Crippen molar-refractivity contribution in [3.05, 3.63) is 75.5 Å². The van der Waals surface area contributed by atoms with Crippen molar-refractivity contribution in [3.63, 3.8) is 0 Å². The van der Waals surface area contributed by atoms with Crippen LogP contribution in [0.2, 0.25) is 0 Å². The van der Waals surface area contributed by atoms with E-state index in [9.17, 15) is 10.2 Å². The molecule has 6 rings (SSSR count). The van der Waals surface area contributed by atoms with Crippen molar-refractivity contribution in [1.29, 1.82) is 0 Å². The molecule has 130 valence electrons. The summed E-state index contributed by atoms with van der Waals surface area (Å²) in [5.74, 6) is 0.538. The maximum Gasteiger partial charge on any atom is 0.125 e. The van der Waals surface area contributed by atoms with Gasteiger partial charge in [-0.3, -0.25) is 0 Å². The molecule has 0 saturated carbocycles. The van der Waals surface area contributed by atoms with Gasteiger partial charge in [0.15, 0.2) is 0 Å². The van der Waals surface area contributed by atoms with E-state index in [1.54, 1.807) is 23.5 Å². The monoisotopic (exact) mass is 369 g/mol. The Morgan fingerprint density at radius 2 is 1.33 bits per heavy atom. The largest absolute Gasteiger partial charge is 0.507 e. The van der Waals surface area contributed by atoms with Crippen LogP contribution in [0.15, 0.2) is 53.2 Å². The lowest BCUT2D eigenvalue weighted by atomic mass is 9.94. The fourth-order valence-corrected chi connectivity index (χ4v) is 5.22. The predicted octanol–water partition coefficient (Wildman–Crippen LogP) is 5.36. The third-order valence-corrected chi connectivity index (χ3v) is 6.36. The summed E-state index contributed by atoms with van der Waals surface area (Å²) in [6, 6.07) is 13.5. The second kappa shape index (κ2) is 5.21. The highest BCUT2D eigenvalue weighted by Crippen LogP contribution is 2.52. The fraction of sp³-hybridized carbons (Fsp3) is 0.0870. The summed E-state index contributed by atoms with van der Waals surface area (Å²) in [5.41, 5.74) is 10.3. The number of phenols is 2. The molecule has 2 aliphatic carbocycles. The number of hydrogen-bond donors (Lipinski definition) is 2. The molecule has 0 bridgehead atoms. The number of nitrogens with zero attached hydrogens (tertiary/aromatic N) is 1. The van der Waals surface area contributed by atoms with Crippen LogP contribution in [0.25, 0.3) is 33.6 Å². The van der Waals surface area contributed by atoms with E-state index in [0.29, 0.717) is 0 Å². The third kappa shape index (κ3) is 1.93. The molecule has 3 nitrogen and oxygen atoms in total. The SMILES string of the molecule is Oc1cccc2c1-c1nc3c(c(-c4ccsc4)c1C2)Cc1cccc(O)c1-3. The summed E-state index contributed by atoms with van der Waals surface area (Å²) in [7, 11) is 0. The van der Waals surface area contributed by atoms with Crippen LogP contribution in [0.1, 0.15) is 22.3 Å². The van der Waals surface area contributed by atoms with Crippen LogP contribution in [0.3, 0.4) is 0 Å². The molecule has 0 unspecified atom stereocenters. The van der Waals surface area contributed by atoms with Crippen molar-refractivity contribution in [2.45, 2.75) is 12.8 Å². The summed E-state index contributed by atoms with van der Waals surface area (Å²) >= 11 is 1.68. The van der Waals surface area contributed by atoms with Gasteiger partial charge >= 0.3 is 0 Å². The van der Waals surface area contributed by atoms with Crippen molar-refractivity contribution in [3.8, 4) is 45.1 Å². The minimum absolute atomic E-state index is 0.269. The molecule has 27 heavy (non-hydrogen) atoms. The molecule has 0 amide bonds. The molecule has 0 radical (unpaired) electrons. The zero-order chi connectivity index (χ0) is 18.1. The van der Waals surface area contributed by atoms with Gasteiger partial charge in [-0.1, -0.05) is 24.3 Å². The minimum Gasteiger partial charge on any atom is -0.507 e. The Kier molecular flexibility index (Phi) is 2.89. The fourth-order valence-electron chi connectivity index (χ4n) is 4.57. The van der Waals surface area contributed by atoms with E-state index in [0.717, 1.165) is 46.5 Å². The normalized spacial score (nSPS) is 13.2. The average molecular weight is 369 g/mol. The molecule has 2 aliphatic rings. The maximum atomic E-state index is 10.5. The molecule has 2 N–H and O–H groups in total. The van der Waals surface area contributed by atoms with E-state index >= 15 is 0 Å². The van der Waals surface area contributed by atoms with Gasteiger partial charge in [-0.15, -0.1) is 0 Å². The van der Waals surface area contributed by atoms with Gasteiger partial charge in [0.05, 0.1) is 11.4 Å². The Bertz CT molecular complexity index is 1160. The summed E-state index contributed by atoms with van der Waals surface area (Å²) in [6.07, 6.45) is 1.54. The van der Waals surface area contributed by atoms with Gasteiger partial charge in [0.25, 0.3) is 0 Å². The highest BCUT2D eigenvalue weighted by molar-refractivity contribution is 7.08. The zero-order valence-electron chi connectivity index (χ0n) is 14.4. The number of fused-ring (bicyclic) bond motifs is 6. The van der Waals surface area contributed by atoms with E-state index in [4.69, 9.17) is 4.98 Å². The Morgan fingerprint density at radius 3 is 1.85 bits per heavy atom. The van der Waals surface area contributed by atoms with Crippen LogP contribution in [-0.4, -0.2) is 15.2 Å². The molecular formula is C23H15NO2S. The van der Waals surface area contributed by atoms with Crippen molar-refractivity contribution >= 4 is 11.3 Å². The standard InChI is InChI=1S/C23H15NO2S/c25-17-5-1-3-12-9-15-19(14-7-8-27-11-14)16-10-13-4-2-6-18(26)21(13)23(16)24-22(15)20(12)17/h1-8,11,25-26H,9-10H2. The average Bonchev–Trinajstić information content (AvgIpc) is 3.37. The van der Waals surface area contributed by atoms with E-state index in [1.807, 2.05) is 12.1 Å². The Labute approximate surface area is 160 Å². The number of thiophene rings is 1. The number of phenolic OH excluding ortho intramolecular Hbond substituents is 2. The number of aromatic nitrogens is 1. The Morgan fingerprint density at radius 1 is 0.741 bits per heavy atom. The lowest BCUT2D eigenvalue weighted by Gasteiger charge is -2.14. The predicted molar refractivity (Wildman–Crippen MR) is 107 cm³/mol. The first-order valence-electron chi connectivity index (χ1n) is 8.93. The quantitative estimate of drug-likeness (QED) is 0.410. The molecule has 0 spiro atoms. The van der Waals surface area contributed by atoms with E-state index in [1.165, 1.54) is 22.3 Å². The topological polar surface area (TPSA) is 53.4 Å². The summed E-state index contributed by atoms with van der Waals surface area (Å²) < 4.78 is 0. The van der Waals surface area contributed by atoms with E-state index in [2.05, 4.69) is 29.0 Å². The number of pyridine rings is 1. The molecule has 2 aromatic heterocycles. The molecule has 2 aromatic carbocycles. The summed E-state index contributed by atoms with van der Waals surface area (Å²) in [5, 5.41) is 25.3. The van der Waals surface area contributed by atoms with E-state index < -0.39 is 0 Å². The number of benzene rings is 2. The second-order valence-corrected chi connectivity index (χ2v) is 7.91. The van der Waals surface area contributed by atoms with Gasteiger partial charge in [-0.2, -0.15) is 11.3 Å². The third-order valence-electron chi connectivity index (χ3n) is 5.67. The molecule has 0 fully saturated rings. The first-order chi connectivity index (χ1) is 13.2. The highest BCUT2D eigenvalue weighted by Gasteiger charge is 2.34. The van der Waals surface area contributed by atoms with Crippen LogP contribution in [0.4, 0.5) is 0 Å². The van der Waals surface area contributed by atoms with Gasteiger partial charge in [-0.05, 0) is 62.3 Å². The van der Waals surface area contributed by atoms with Gasteiger partial charge in [0.2, 0.25) is 0 Å². The van der Waals surface area contributed by atoms with Crippen molar-refractivity contribution in [2.75, 3.05) is 0 Å². The van der Waals surface area contributed by atoms with Crippen molar-refractivity contribution in [1.82, 2.24) is 4.98 Å². The number of rotatable bonds is 1. The molecule has 0 saturated heterocycles. The zero-order valence-corrected chi connectivity index (χ0v) is 15.2. The minimum atomic E-state index is 0.269. The van der Waals surface area contributed by atoms with Gasteiger partial charge in [0, 0.05) is 24.0 Å². The first kappa shape index (κ1) is 15.0. The molecule has 0 atom stereocenters. The maximum absolute atomic E-state index is 10.5. The number of hydrogen-bond acceptors (Lipinski definition) is 4. The van der Waals surface area contributed by atoms with Crippen LogP contribution >= 0.6 is 11.3 Å². The lowest BCUT2D eigenvalue weighted by molar-refractivity contribution is 0.477. The Balaban J connectivity index is 1.74. The molecule has 4 heteroatoms. The van der Waals surface area contributed by atoms with Crippen molar-refractivity contribution in [2.24, 2.45) is 0 Å². The number of aromatic hydroxyl groups is 2. The molecule has 0 aliphatic heterocycles. The summed E-state index contributed by atoms with van der Waals surface area (Å²) in [4.78, 5) is 4.99. The highest BCUT2D eigenvalue weighted by atomic mass is 32.1. The smallest absolute Gasteiger partial charge is 0.125 e. The molecular weight excluding hydrogens is 354 g/mol. The van der Waals surface area contributed by atoms with E-state index in [-0.39, 0.29) is 11.5 Å². The van der Waals surface area contributed by atoms with Gasteiger partial charge in [-0.25, -0.2) is 4.98 Å². The van der Waals surface area contributed by atoms with Crippen molar-refractivity contribution < 1.29 is 10.2 Å². The first-order valence-corrected chi connectivity index (χ1v) is 9.87. The Hall–Kier alpha value is -3.11. The van der Waals surface area contributed by atoms with Crippen LogP contribution in [0, 0.1) is 0 Å². The van der Waals surface area contributed by atoms with Crippen LogP contribution in [-0.2, 0) is 12.8 Å². The van der Waals surface area contributed by atoms with Crippen LogP contribution < -0.4 is 0 Å².